The van der Waals surface area contributed by atoms with Crippen LogP contribution in [0.5, 0.6) is 0 Å². The Hall–Kier alpha value is -4.03. The number of rotatable bonds is 3. The Balaban J connectivity index is 1.49. The lowest BCUT2D eigenvalue weighted by atomic mass is 9.87. The number of aryl methyl sites for hydroxylation is 1. The van der Waals surface area contributed by atoms with Gasteiger partial charge in [-0.1, -0.05) is 0 Å². The summed E-state index contributed by atoms with van der Waals surface area (Å²) >= 11 is 0. The van der Waals surface area contributed by atoms with Crippen LogP contribution < -0.4 is 5.32 Å². The summed E-state index contributed by atoms with van der Waals surface area (Å²) in [5.74, 6) is -0.289. The molecule has 1 amide bonds. The number of amides is 1. The van der Waals surface area contributed by atoms with Crippen LogP contribution in [0.2, 0.25) is 0 Å². The van der Waals surface area contributed by atoms with Crippen molar-refractivity contribution in [3.63, 3.8) is 0 Å². The van der Waals surface area contributed by atoms with Crippen molar-refractivity contribution in [3.8, 4) is 23.1 Å². The second kappa shape index (κ2) is 7.75. The molecule has 2 saturated heterocycles. The van der Waals surface area contributed by atoms with E-state index in [-0.39, 0.29) is 17.0 Å². The van der Waals surface area contributed by atoms with E-state index >= 15 is 0 Å². The van der Waals surface area contributed by atoms with E-state index in [2.05, 4.69) is 10.4 Å². The number of nitriles is 1. The van der Waals surface area contributed by atoms with E-state index in [1.807, 2.05) is 47.7 Å². The van der Waals surface area contributed by atoms with E-state index in [9.17, 15) is 9.18 Å². The number of imidazole rings is 1. The Bertz CT molecular complexity index is 1540. The molecule has 2 aliphatic rings. The Morgan fingerprint density at radius 2 is 2.06 bits per heavy atom. The van der Waals surface area contributed by atoms with Gasteiger partial charge < -0.3 is 10.2 Å². The van der Waals surface area contributed by atoms with Gasteiger partial charge in [-0.05, 0) is 62.7 Å². The van der Waals surface area contributed by atoms with Gasteiger partial charge in [0.2, 0.25) is 0 Å². The highest BCUT2D eigenvalue weighted by Gasteiger charge is 2.44. The fourth-order valence-corrected chi connectivity index (χ4v) is 5.27. The molecule has 2 aromatic heterocycles. The summed E-state index contributed by atoms with van der Waals surface area (Å²) in [7, 11) is 1.88. The molecule has 8 nitrogen and oxygen atoms in total. The first-order chi connectivity index (χ1) is 16.9. The van der Waals surface area contributed by atoms with Crippen molar-refractivity contribution in [2.45, 2.75) is 25.3 Å². The molecule has 4 heterocycles. The average molecular weight is 470 g/mol. The summed E-state index contributed by atoms with van der Waals surface area (Å²) in [5, 5.41) is 17.9. The first-order valence-electron chi connectivity index (χ1n) is 11.6. The first kappa shape index (κ1) is 21.5. The van der Waals surface area contributed by atoms with Crippen molar-refractivity contribution in [2.24, 2.45) is 7.05 Å². The summed E-state index contributed by atoms with van der Waals surface area (Å²) in [5.41, 5.74) is 3.31. The van der Waals surface area contributed by atoms with Crippen LogP contribution in [-0.4, -0.2) is 55.3 Å². The Labute approximate surface area is 201 Å². The summed E-state index contributed by atoms with van der Waals surface area (Å²) < 4.78 is 18.2. The highest BCUT2D eigenvalue weighted by atomic mass is 19.1. The van der Waals surface area contributed by atoms with Gasteiger partial charge in [-0.25, -0.2) is 9.37 Å². The highest BCUT2D eigenvalue weighted by molar-refractivity contribution is 5.95. The molecule has 0 saturated carbocycles. The van der Waals surface area contributed by atoms with Gasteiger partial charge >= 0.3 is 0 Å². The van der Waals surface area contributed by atoms with Gasteiger partial charge in [0.05, 0.1) is 23.0 Å². The summed E-state index contributed by atoms with van der Waals surface area (Å²) in [6.07, 6.45) is 3.79. The lowest BCUT2D eigenvalue weighted by molar-refractivity contribution is 0.0760. The molecule has 0 aliphatic carbocycles. The van der Waals surface area contributed by atoms with Crippen molar-refractivity contribution < 1.29 is 9.18 Å². The van der Waals surface area contributed by atoms with Gasteiger partial charge in [-0.2, -0.15) is 10.4 Å². The van der Waals surface area contributed by atoms with E-state index in [0.717, 1.165) is 36.0 Å². The lowest BCUT2D eigenvalue weighted by Gasteiger charge is -2.39. The molecule has 1 spiro atoms. The fraction of sp³-hybridized carbons (Fsp3) is 0.308. The van der Waals surface area contributed by atoms with Crippen molar-refractivity contribution in [2.75, 3.05) is 19.6 Å². The van der Waals surface area contributed by atoms with Crippen LogP contribution >= 0.6 is 0 Å². The molecule has 4 aromatic rings. The molecule has 0 bridgehead atoms. The van der Waals surface area contributed by atoms with Crippen LogP contribution in [0.1, 0.15) is 34.6 Å². The molecule has 9 heteroatoms. The van der Waals surface area contributed by atoms with E-state index in [0.29, 0.717) is 35.9 Å². The molecular weight excluding hydrogens is 445 g/mol. The van der Waals surface area contributed by atoms with E-state index in [4.69, 9.17) is 10.2 Å². The third kappa shape index (κ3) is 3.33. The number of fused-ring (bicyclic) bond motifs is 1. The van der Waals surface area contributed by atoms with Crippen molar-refractivity contribution >= 4 is 16.8 Å². The van der Waals surface area contributed by atoms with E-state index < -0.39 is 5.82 Å². The molecule has 2 fully saturated rings. The standard InChI is InChI=1S/C26H24FN7O/c1-16-23(25(35)33-10-8-26(15-33)7-9-29-26)31-24(17-3-4-18(13-28)21(27)12-17)34(16)20-5-6-22-19(11-20)14-30-32(22)2/h3-6,11-12,14,29H,7-10,15H2,1-2H3. The number of carbonyl (C=O) groups excluding carboxylic acids is 1. The van der Waals surface area contributed by atoms with Crippen LogP contribution in [0.3, 0.4) is 0 Å². The second-order valence-electron chi connectivity index (χ2n) is 9.46. The van der Waals surface area contributed by atoms with E-state index in [1.165, 1.54) is 12.1 Å². The minimum atomic E-state index is -0.620. The maximum atomic E-state index is 14.6. The molecule has 6 rings (SSSR count). The molecule has 1 unspecified atom stereocenters. The quantitative estimate of drug-likeness (QED) is 0.497. The van der Waals surface area contributed by atoms with Gasteiger partial charge in [0.25, 0.3) is 5.91 Å². The van der Waals surface area contributed by atoms with Gasteiger partial charge in [-0.15, -0.1) is 0 Å². The maximum Gasteiger partial charge on any atom is 0.274 e. The molecule has 176 valence electrons. The number of nitrogens with zero attached hydrogens (tertiary/aromatic N) is 6. The summed E-state index contributed by atoms with van der Waals surface area (Å²) in [6.45, 7) is 4.20. The van der Waals surface area contributed by atoms with Crippen molar-refractivity contribution in [1.29, 1.82) is 5.26 Å². The minimum absolute atomic E-state index is 0.0352. The maximum absolute atomic E-state index is 14.6. The second-order valence-corrected chi connectivity index (χ2v) is 9.46. The van der Waals surface area contributed by atoms with Crippen LogP contribution in [0.25, 0.3) is 28.0 Å². The summed E-state index contributed by atoms with van der Waals surface area (Å²) in [4.78, 5) is 20.2. The number of halogens is 1. The first-order valence-corrected chi connectivity index (χ1v) is 11.6. The van der Waals surface area contributed by atoms with Crippen LogP contribution in [-0.2, 0) is 7.05 Å². The third-order valence-corrected chi connectivity index (χ3v) is 7.39. The molecular formula is C26H24FN7O. The fourth-order valence-electron chi connectivity index (χ4n) is 5.27. The average Bonchev–Trinajstić information content (AvgIpc) is 3.54. The SMILES string of the molecule is Cc1c(C(=O)N2CCC3(CCN3)C2)nc(-c2ccc(C#N)c(F)c2)n1-c1ccc2c(cnn2C)c1. The highest BCUT2D eigenvalue weighted by Crippen LogP contribution is 2.33. The predicted octanol–water partition coefficient (Wildman–Crippen LogP) is 3.32. The smallest absolute Gasteiger partial charge is 0.274 e. The number of benzene rings is 2. The molecule has 1 N–H and O–H groups in total. The van der Waals surface area contributed by atoms with Gasteiger partial charge in [0, 0.05) is 42.3 Å². The molecule has 2 aliphatic heterocycles. The Morgan fingerprint density at radius 3 is 2.74 bits per heavy atom. The zero-order valence-electron chi connectivity index (χ0n) is 19.5. The molecule has 0 radical (unpaired) electrons. The Kier molecular flexibility index (Phi) is 4.76. The van der Waals surface area contributed by atoms with Crippen LogP contribution in [0.15, 0.2) is 42.6 Å². The molecule has 2 aromatic carbocycles. The lowest BCUT2D eigenvalue weighted by Crippen LogP contribution is -2.58. The zero-order chi connectivity index (χ0) is 24.3. The number of aromatic nitrogens is 4. The number of likely N-dealkylation sites (tertiary alicyclic amines) is 1. The predicted molar refractivity (Wildman–Crippen MR) is 129 cm³/mol. The van der Waals surface area contributed by atoms with Crippen LogP contribution in [0.4, 0.5) is 4.39 Å². The van der Waals surface area contributed by atoms with Gasteiger partial charge in [0.15, 0.2) is 0 Å². The number of carbonyl (C=O) groups is 1. The number of hydrogen-bond donors (Lipinski definition) is 1. The van der Waals surface area contributed by atoms with Gasteiger partial charge in [-0.3, -0.25) is 14.0 Å². The molecule has 1 atom stereocenters. The van der Waals surface area contributed by atoms with E-state index in [1.54, 1.807) is 16.9 Å². The summed E-state index contributed by atoms with van der Waals surface area (Å²) in [6, 6.07) is 12.2. The van der Waals surface area contributed by atoms with Gasteiger partial charge in [0.1, 0.15) is 23.4 Å². The monoisotopic (exact) mass is 469 g/mol. The topological polar surface area (TPSA) is 91.8 Å². The number of hydrogen-bond acceptors (Lipinski definition) is 5. The van der Waals surface area contributed by atoms with Crippen molar-refractivity contribution in [1.82, 2.24) is 29.5 Å². The largest absolute Gasteiger partial charge is 0.335 e. The zero-order valence-corrected chi connectivity index (χ0v) is 19.5. The Morgan fingerprint density at radius 1 is 1.23 bits per heavy atom. The minimum Gasteiger partial charge on any atom is -0.335 e. The third-order valence-electron chi connectivity index (χ3n) is 7.39. The van der Waals surface area contributed by atoms with Crippen LogP contribution in [0, 0.1) is 24.1 Å². The van der Waals surface area contributed by atoms with Crippen molar-refractivity contribution in [3.05, 3.63) is 65.4 Å². The molecule has 35 heavy (non-hydrogen) atoms. The number of nitrogens with one attached hydrogen (secondary N) is 1. The normalized spacial score (nSPS) is 19.3.